The van der Waals surface area contributed by atoms with Gasteiger partial charge in [0, 0.05) is 12.6 Å². The molecule has 1 aromatic rings. The van der Waals surface area contributed by atoms with Crippen molar-refractivity contribution < 1.29 is 14.3 Å². The average molecular weight is 261 g/mol. The topological polar surface area (TPSA) is 46.6 Å². The lowest BCUT2D eigenvalue weighted by atomic mass is 10.0. The Balaban J connectivity index is 2.36. The Bertz CT molecular complexity index is 506. The van der Waals surface area contributed by atoms with Crippen molar-refractivity contribution in [1.82, 2.24) is 0 Å². The summed E-state index contributed by atoms with van der Waals surface area (Å²) in [4.78, 5) is 25.6. The van der Waals surface area contributed by atoms with Crippen molar-refractivity contribution in [3.8, 4) is 5.75 Å². The smallest absolute Gasteiger partial charge is 0.299 e. The SMILES string of the molecule is CCC(CC)CN1C(=O)C(=O)c2ccc(OC)cc21. The maximum absolute atomic E-state index is 12.1. The highest BCUT2D eigenvalue weighted by Crippen LogP contribution is 2.33. The van der Waals surface area contributed by atoms with Crippen LogP contribution in [0.15, 0.2) is 18.2 Å². The Kier molecular flexibility index (Phi) is 3.88. The lowest BCUT2D eigenvalue weighted by Crippen LogP contribution is -2.34. The van der Waals surface area contributed by atoms with Crippen molar-refractivity contribution in [1.29, 1.82) is 0 Å². The van der Waals surface area contributed by atoms with Gasteiger partial charge in [-0.25, -0.2) is 0 Å². The van der Waals surface area contributed by atoms with E-state index in [-0.39, 0.29) is 0 Å². The van der Waals surface area contributed by atoms with E-state index in [0.717, 1.165) is 12.8 Å². The number of carbonyl (C=O) groups is 2. The van der Waals surface area contributed by atoms with Gasteiger partial charge >= 0.3 is 0 Å². The van der Waals surface area contributed by atoms with Gasteiger partial charge in [-0.05, 0) is 18.1 Å². The summed E-state index contributed by atoms with van der Waals surface area (Å²) in [5, 5.41) is 0. The van der Waals surface area contributed by atoms with Gasteiger partial charge in [-0.15, -0.1) is 0 Å². The first-order chi connectivity index (χ1) is 9.12. The lowest BCUT2D eigenvalue weighted by Gasteiger charge is -2.22. The van der Waals surface area contributed by atoms with Gasteiger partial charge in [0.05, 0.1) is 18.4 Å². The minimum absolute atomic E-state index is 0.411. The van der Waals surface area contributed by atoms with E-state index < -0.39 is 11.7 Å². The molecule has 0 spiro atoms. The molecule has 0 fully saturated rings. The summed E-state index contributed by atoms with van der Waals surface area (Å²) in [6.07, 6.45) is 1.99. The maximum atomic E-state index is 12.1. The highest BCUT2D eigenvalue weighted by molar-refractivity contribution is 6.52. The van der Waals surface area contributed by atoms with E-state index in [0.29, 0.717) is 29.5 Å². The molecule has 0 radical (unpaired) electrons. The molecule has 0 saturated heterocycles. The summed E-state index contributed by atoms with van der Waals surface area (Å²) >= 11 is 0. The molecule has 4 nitrogen and oxygen atoms in total. The molecule has 0 atom stereocenters. The molecule has 1 heterocycles. The predicted molar refractivity (Wildman–Crippen MR) is 73.7 cm³/mol. The number of carbonyl (C=O) groups excluding carboxylic acids is 2. The van der Waals surface area contributed by atoms with Gasteiger partial charge in [0.1, 0.15) is 5.75 Å². The molecule has 0 aromatic heterocycles. The average Bonchev–Trinajstić information content (AvgIpc) is 2.68. The monoisotopic (exact) mass is 261 g/mol. The van der Waals surface area contributed by atoms with Gasteiger partial charge in [-0.1, -0.05) is 26.7 Å². The van der Waals surface area contributed by atoms with Crippen LogP contribution in [0.4, 0.5) is 5.69 Å². The fourth-order valence-electron chi connectivity index (χ4n) is 2.39. The van der Waals surface area contributed by atoms with Crippen LogP contribution in [-0.2, 0) is 4.79 Å². The Morgan fingerprint density at radius 2 is 1.89 bits per heavy atom. The third kappa shape index (κ3) is 2.35. The molecule has 1 aromatic carbocycles. The minimum atomic E-state index is -0.421. The Morgan fingerprint density at radius 3 is 2.47 bits per heavy atom. The van der Waals surface area contributed by atoms with Crippen molar-refractivity contribution in [2.75, 3.05) is 18.6 Å². The van der Waals surface area contributed by atoms with Crippen LogP contribution in [0.1, 0.15) is 37.0 Å². The summed E-state index contributed by atoms with van der Waals surface area (Å²) in [5.74, 6) is 0.239. The molecule has 1 amide bonds. The van der Waals surface area contributed by atoms with Crippen LogP contribution in [0.3, 0.4) is 0 Å². The fraction of sp³-hybridized carbons (Fsp3) is 0.467. The van der Waals surface area contributed by atoms with E-state index in [1.54, 1.807) is 30.2 Å². The number of fused-ring (bicyclic) bond motifs is 1. The molecule has 0 unspecified atom stereocenters. The number of amides is 1. The summed E-state index contributed by atoms with van der Waals surface area (Å²) in [5.41, 5.74) is 1.16. The van der Waals surface area contributed by atoms with Gasteiger partial charge in [0.2, 0.25) is 0 Å². The van der Waals surface area contributed by atoms with E-state index in [2.05, 4.69) is 13.8 Å². The van der Waals surface area contributed by atoms with Crippen molar-refractivity contribution in [3.63, 3.8) is 0 Å². The highest BCUT2D eigenvalue weighted by Gasteiger charge is 2.36. The van der Waals surface area contributed by atoms with Crippen molar-refractivity contribution in [3.05, 3.63) is 23.8 Å². The second-order valence-corrected chi connectivity index (χ2v) is 4.81. The molecule has 4 heteroatoms. The molecule has 0 N–H and O–H groups in total. The Hall–Kier alpha value is -1.84. The van der Waals surface area contributed by atoms with Crippen LogP contribution in [0.25, 0.3) is 0 Å². The summed E-state index contributed by atoms with van der Waals surface area (Å²) in [6.45, 7) is 4.80. The van der Waals surface area contributed by atoms with E-state index in [9.17, 15) is 9.59 Å². The van der Waals surface area contributed by atoms with Crippen molar-refractivity contribution in [2.24, 2.45) is 5.92 Å². The van der Waals surface area contributed by atoms with E-state index >= 15 is 0 Å². The number of nitrogens with zero attached hydrogens (tertiary/aromatic N) is 1. The molecular weight excluding hydrogens is 242 g/mol. The zero-order valence-electron chi connectivity index (χ0n) is 11.6. The summed E-state index contributed by atoms with van der Waals surface area (Å²) in [6, 6.07) is 5.15. The molecule has 19 heavy (non-hydrogen) atoms. The second-order valence-electron chi connectivity index (χ2n) is 4.81. The number of ketones is 1. The molecule has 1 aliphatic rings. The van der Waals surface area contributed by atoms with E-state index in [4.69, 9.17) is 4.74 Å². The van der Waals surface area contributed by atoms with Crippen LogP contribution >= 0.6 is 0 Å². The van der Waals surface area contributed by atoms with E-state index in [1.165, 1.54) is 0 Å². The second kappa shape index (κ2) is 5.43. The number of benzene rings is 1. The highest BCUT2D eigenvalue weighted by atomic mass is 16.5. The molecule has 1 aliphatic heterocycles. The maximum Gasteiger partial charge on any atom is 0.299 e. The van der Waals surface area contributed by atoms with Crippen molar-refractivity contribution in [2.45, 2.75) is 26.7 Å². The first-order valence-electron chi connectivity index (χ1n) is 6.66. The predicted octanol–water partition coefficient (Wildman–Crippen LogP) is 2.66. The Morgan fingerprint density at radius 1 is 1.21 bits per heavy atom. The number of ether oxygens (including phenoxy) is 1. The molecule has 2 rings (SSSR count). The quantitative estimate of drug-likeness (QED) is 0.765. The number of Topliss-reactive ketones (excluding diaryl/α,β-unsaturated/α-hetero) is 1. The molecule has 0 saturated carbocycles. The number of anilines is 1. The van der Waals surface area contributed by atoms with Gasteiger partial charge in [0.15, 0.2) is 0 Å². The van der Waals surface area contributed by atoms with Gasteiger partial charge in [-0.2, -0.15) is 0 Å². The summed E-state index contributed by atoms with van der Waals surface area (Å²) in [7, 11) is 1.57. The number of rotatable bonds is 5. The lowest BCUT2D eigenvalue weighted by molar-refractivity contribution is -0.114. The molecule has 102 valence electrons. The molecule has 0 aliphatic carbocycles. The van der Waals surface area contributed by atoms with Crippen LogP contribution in [-0.4, -0.2) is 25.3 Å². The molecule has 0 bridgehead atoms. The van der Waals surface area contributed by atoms with Gasteiger partial charge < -0.3 is 9.64 Å². The standard InChI is InChI=1S/C15H19NO3/c1-4-10(5-2)9-16-13-8-11(19-3)6-7-12(13)14(17)15(16)18/h6-8,10H,4-5,9H2,1-3H3. The number of hydrogen-bond donors (Lipinski definition) is 0. The van der Waals surface area contributed by atoms with Gasteiger partial charge in [0.25, 0.3) is 11.7 Å². The third-order valence-corrected chi connectivity index (χ3v) is 3.78. The largest absolute Gasteiger partial charge is 0.497 e. The van der Waals surface area contributed by atoms with Crippen LogP contribution in [0.5, 0.6) is 5.75 Å². The number of methoxy groups -OCH3 is 1. The van der Waals surface area contributed by atoms with Crippen LogP contribution in [0.2, 0.25) is 0 Å². The summed E-state index contributed by atoms with van der Waals surface area (Å²) < 4.78 is 5.17. The molecular formula is C15H19NO3. The number of hydrogen-bond acceptors (Lipinski definition) is 3. The van der Waals surface area contributed by atoms with Crippen molar-refractivity contribution >= 4 is 17.4 Å². The van der Waals surface area contributed by atoms with Gasteiger partial charge in [-0.3, -0.25) is 9.59 Å². The first-order valence-corrected chi connectivity index (χ1v) is 6.66. The third-order valence-electron chi connectivity index (χ3n) is 3.78. The first kappa shape index (κ1) is 13.6. The Labute approximate surface area is 113 Å². The van der Waals surface area contributed by atoms with Crippen LogP contribution in [0, 0.1) is 5.92 Å². The van der Waals surface area contributed by atoms with E-state index in [1.807, 2.05) is 0 Å². The zero-order chi connectivity index (χ0) is 14.0. The van der Waals surface area contributed by atoms with Crippen LogP contribution < -0.4 is 9.64 Å². The fourth-order valence-corrected chi connectivity index (χ4v) is 2.39. The minimum Gasteiger partial charge on any atom is -0.497 e. The zero-order valence-corrected chi connectivity index (χ0v) is 11.6. The normalized spacial score (nSPS) is 14.2.